The molecule has 2 N–H and O–H groups in total. The van der Waals surface area contributed by atoms with Gasteiger partial charge in [0, 0.05) is 36.2 Å². The summed E-state index contributed by atoms with van der Waals surface area (Å²) >= 11 is 2.22. The third-order valence-corrected chi connectivity index (χ3v) is 4.17. The lowest BCUT2D eigenvalue weighted by molar-refractivity contribution is -0.221. The normalized spacial score (nSPS) is 11.4. The van der Waals surface area contributed by atoms with Crippen LogP contribution in [0.15, 0.2) is 24.8 Å². The highest BCUT2D eigenvalue weighted by Crippen LogP contribution is 2.35. The van der Waals surface area contributed by atoms with Crippen molar-refractivity contribution in [3.05, 3.63) is 39.5 Å². The van der Waals surface area contributed by atoms with E-state index in [1.165, 1.54) is 0 Å². The minimum Gasteiger partial charge on any atom is -0.370 e. The van der Waals surface area contributed by atoms with E-state index < -0.39 is 5.79 Å². The topological polar surface area (TPSA) is 61.6 Å². The molecule has 1 amide bonds. The fraction of sp³-hybridized carbons (Fsp3) is 0.400. The second kappa shape index (κ2) is 7.19. The number of nitrogens with two attached hydrogens (primary N) is 1. The third kappa shape index (κ3) is 3.80. The fourth-order valence-electron chi connectivity index (χ4n) is 2.01. The van der Waals surface area contributed by atoms with Crippen molar-refractivity contribution < 1.29 is 14.3 Å². The zero-order valence-electron chi connectivity index (χ0n) is 12.0. The molecule has 4 nitrogen and oxygen atoms in total. The molecule has 0 atom stereocenters. The summed E-state index contributed by atoms with van der Waals surface area (Å²) in [6.45, 7) is 5.89. The van der Waals surface area contributed by atoms with Crippen LogP contribution < -0.4 is 5.73 Å². The van der Waals surface area contributed by atoms with Crippen molar-refractivity contribution >= 4 is 34.1 Å². The summed E-state index contributed by atoms with van der Waals surface area (Å²) in [5.74, 6) is -1.36. The van der Waals surface area contributed by atoms with Crippen LogP contribution in [0.1, 0.15) is 30.9 Å². The van der Waals surface area contributed by atoms with Crippen LogP contribution >= 0.6 is 22.6 Å². The molecule has 1 rings (SSSR count). The monoisotopic (exact) mass is 389 g/mol. The quantitative estimate of drug-likeness (QED) is 0.576. The standard InChI is InChI=1S/C15H20INO3/c1-10(2)11-5-6-13(16)12(9-11)15(19-3,20-4)8-7-14(17)18/h5-6,9H,1,7-8H2,2-4H3,(H2,17,18). The van der Waals surface area contributed by atoms with Crippen molar-refractivity contribution in [3.8, 4) is 0 Å². The predicted molar refractivity (Wildman–Crippen MR) is 88.0 cm³/mol. The summed E-state index contributed by atoms with van der Waals surface area (Å²) in [6, 6.07) is 5.97. The number of hydrogen-bond acceptors (Lipinski definition) is 3. The first-order valence-corrected chi connectivity index (χ1v) is 7.28. The van der Waals surface area contributed by atoms with Crippen LogP contribution in [-0.4, -0.2) is 20.1 Å². The molecule has 1 aromatic carbocycles. The number of carbonyl (C=O) groups excluding carboxylic acids is 1. The van der Waals surface area contributed by atoms with Crippen LogP contribution in [0.25, 0.3) is 5.57 Å². The van der Waals surface area contributed by atoms with E-state index >= 15 is 0 Å². The Morgan fingerprint density at radius 1 is 1.40 bits per heavy atom. The second-order valence-corrected chi connectivity index (χ2v) is 5.76. The molecule has 0 saturated carbocycles. The van der Waals surface area contributed by atoms with E-state index in [4.69, 9.17) is 15.2 Å². The molecular weight excluding hydrogens is 369 g/mol. The van der Waals surface area contributed by atoms with Gasteiger partial charge in [-0.2, -0.15) is 0 Å². The average Bonchev–Trinajstić information content (AvgIpc) is 2.41. The number of ether oxygens (including phenoxy) is 2. The number of hydrogen-bond donors (Lipinski definition) is 1. The Balaban J connectivity index is 3.29. The van der Waals surface area contributed by atoms with Gasteiger partial charge in [0.1, 0.15) is 0 Å². The molecule has 0 unspecified atom stereocenters. The number of allylic oxidation sites excluding steroid dienone is 1. The van der Waals surface area contributed by atoms with Crippen molar-refractivity contribution in [2.75, 3.05) is 14.2 Å². The summed E-state index contributed by atoms with van der Waals surface area (Å²) in [5.41, 5.74) is 8.09. The molecular formula is C15H20INO3. The zero-order valence-corrected chi connectivity index (χ0v) is 14.2. The molecule has 0 aliphatic heterocycles. The van der Waals surface area contributed by atoms with Gasteiger partial charge >= 0.3 is 0 Å². The van der Waals surface area contributed by atoms with Crippen LogP contribution in [-0.2, 0) is 20.1 Å². The zero-order chi connectivity index (χ0) is 15.3. The molecule has 1 aromatic rings. The molecule has 0 radical (unpaired) electrons. The Morgan fingerprint density at radius 3 is 2.45 bits per heavy atom. The molecule has 0 saturated heterocycles. The van der Waals surface area contributed by atoms with Crippen molar-refractivity contribution in [2.45, 2.75) is 25.6 Å². The van der Waals surface area contributed by atoms with E-state index in [2.05, 4.69) is 29.2 Å². The van der Waals surface area contributed by atoms with Crippen molar-refractivity contribution in [1.82, 2.24) is 0 Å². The molecule has 0 heterocycles. The Kier molecular flexibility index (Phi) is 6.16. The van der Waals surface area contributed by atoms with Gasteiger partial charge in [-0.1, -0.05) is 18.2 Å². The number of benzene rings is 1. The Labute approximate surface area is 133 Å². The van der Waals surface area contributed by atoms with Gasteiger partial charge in [-0.15, -0.1) is 0 Å². The average molecular weight is 389 g/mol. The lowest BCUT2D eigenvalue weighted by atomic mass is 9.96. The van der Waals surface area contributed by atoms with Gasteiger partial charge in [0.2, 0.25) is 5.91 Å². The van der Waals surface area contributed by atoms with E-state index in [0.717, 1.165) is 20.3 Å². The molecule has 20 heavy (non-hydrogen) atoms. The first-order valence-electron chi connectivity index (χ1n) is 6.21. The third-order valence-electron chi connectivity index (χ3n) is 3.23. The highest BCUT2D eigenvalue weighted by Gasteiger charge is 2.34. The number of halogens is 1. The molecule has 0 aliphatic rings. The van der Waals surface area contributed by atoms with E-state index in [0.29, 0.717) is 6.42 Å². The van der Waals surface area contributed by atoms with Crippen LogP contribution in [0.3, 0.4) is 0 Å². The summed E-state index contributed by atoms with van der Waals surface area (Å²) in [7, 11) is 3.13. The molecule has 0 bridgehead atoms. The highest BCUT2D eigenvalue weighted by atomic mass is 127. The minimum absolute atomic E-state index is 0.190. The number of carbonyl (C=O) groups is 1. The lowest BCUT2D eigenvalue weighted by Gasteiger charge is -2.32. The van der Waals surface area contributed by atoms with Crippen LogP contribution in [0, 0.1) is 3.57 Å². The summed E-state index contributed by atoms with van der Waals surface area (Å²) in [4.78, 5) is 11.1. The van der Waals surface area contributed by atoms with Gasteiger partial charge in [0.25, 0.3) is 0 Å². The van der Waals surface area contributed by atoms with E-state index in [1.807, 2.05) is 25.1 Å². The maximum Gasteiger partial charge on any atom is 0.217 e. The van der Waals surface area contributed by atoms with Crippen LogP contribution in [0.5, 0.6) is 0 Å². The molecule has 110 valence electrons. The van der Waals surface area contributed by atoms with Crippen molar-refractivity contribution in [3.63, 3.8) is 0 Å². The van der Waals surface area contributed by atoms with Crippen LogP contribution in [0.2, 0.25) is 0 Å². The highest BCUT2D eigenvalue weighted by molar-refractivity contribution is 14.1. The SMILES string of the molecule is C=C(C)c1ccc(I)c(C(CCC(N)=O)(OC)OC)c1. The lowest BCUT2D eigenvalue weighted by Crippen LogP contribution is -2.33. The van der Waals surface area contributed by atoms with E-state index in [9.17, 15) is 4.79 Å². The number of methoxy groups -OCH3 is 2. The van der Waals surface area contributed by atoms with Gasteiger partial charge in [-0.25, -0.2) is 0 Å². The molecule has 0 aliphatic carbocycles. The van der Waals surface area contributed by atoms with E-state index in [-0.39, 0.29) is 12.3 Å². The van der Waals surface area contributed by atoms with E-state index in [1.54, 1.807) is 14.2 Å². The Bertz CT molecular complexity index is 510. The molecule has 0 fully saturated rings. The number of amides is 1. The summed E-state index contributed by atoms with van der Waals surface area (Å²) in [6.07, 6.45) is 0.556. The molecule has 5 heteroatoms. The Morgan fingerprint density at radius 2 is 2.00 bits per heavy atom. The molecule has 0 aromatic heterocycles. The smallest absolute Gasteiger partial charge is 0.217 e. The summed E-state index contributed by atoms with van der Waals surface area (Å²) in [5, 5.41) is 0. The van der Waals surface area contributed by atoms with Gasteiger partial charge in [-0.05, 0) is 47.2 Å². The van der Waals surface area contributed by atoms with Gasteiger partial charge in [0.05, 0.1) is 0 Å². The fourth-order valence-corrected chi connectivity index (χ4v) is 2.76. The summed E-state index contributed by atoms with van der Waals surface area (Å²) < 4.78 is 12.2. The van der Waals surface area contributed by atoms with Gasteiger partial charge in [-0.3, -0.25) is 4.79 Å². The van der Waals surface area contributed by atoms with Gasteiger partial charge < -0.3 is 15.2 Å². The first-order chi connectivity index (χ1) is 9.36. The van der Waals surface area contributed by atoms with Crippen LogP contribution in [0.4, 0.5) is 0 Å². The maximum atomic E-state index is 11.1. The number of rotatable bonds is 7. The van der Waals surface area contributed by atoms with Gasteiger partial charge in [0.15, 0.2) is 5.79 Å². The maximum absolute atomic E-state index is 11.1. The predicted octanol–water partition coefficient (Wildman–Crippen LogP) is 3.04. The van der Waals surface area contributed by atoms with Crippen molar-refractivity contribution in [1.29, 1.82) is 0 Å². The largest absolute Gasteiger partial charge is 0.370 e. The molecule has 0 spiro atoms. The first kappa shape index (κ1) is 17.1. The minimum atomic E-state index is -0.975. The second-order valence-electron chi connectivity index (χ2n) is 4.60. The number of primary amides is 1. The Hall–Kier alpha value is -0.920. The van der Waals surface area contributed by atoms with Crippen molar-refractivity contribution in [2.24, 2.45) is 5.73 Å².